The zero-order chi connectivity index (χ0) is 21.6. The van der Waals surface area contributed by atoms with Gasteiger partial charge in [0.1, 0.15) is 23.5 Å². The van der Waals surface area contributed by atoms with E-state index in [9.17, 15) is 4.39 Å². The first-order valence-corrected chi connectivity index (χ1v) is 10.6. The van der Waals surface area contributed by atoms with E-state index >= 15 is 0 Å². The van der Waals surface area contributed by atoms with Crippen LogP contribution in [0.1, 0.15) is 24.8 Å². The van der Waals surface area contributed by atoms with E-state index in [2.05, 4.69) is 10.6 Å². The summed E-state index contributed by atoms with van der Waals surface area (Å²) in [6.45, 7) is 2.97. The summed E-state index contributed by atoms with van der Waals surface area (Å²) in [7, 11) is 1.62. The number of anilines is 1. The zero-order valence-electron chi connectivity index (χ0n) is 17.6. The van der Waals surface area contributed by atoms with Crippen molar-refractivity contribution in [1.82, 2.24) is 15.1 Å². The third-order valence-electron chi connectivity index (χ3n) is 5.68. The molecule has 7 heteroatoms. The smallest absolute Gasteiger partial charge is 0.149 e. The van der Waals surface area contributed by atoms with Crippen molar-refractivity contribution >= 4 is 5.82 Å². The number of nitriles is 1. The maximum absolute atomic E-state index is 14.3. The summed E-state index contributed by atoms with van der Waals surface area (Å²) in [6, 6.07) is 16.0. The molecule has 160 valence electrons. The number of ether oxygens (including phenoxy) is 1. The molecule has 1 saturated heterocycles. The molecule has 31 heavy (non-hydrogen) atoms. The van der Waals surface area contributed by atoms with Gasteiger partial charge in [-0.3, -0.25) is 0 Å². The van der Waals surface area contributed by atoms with Gasteiger partial charge < -0.3 is 15.4 Å². The van der Waals surface area contributed by atoms with Crippen LogP contribution in [-0.2, 0) is 0 Å². The highest BCUT2D eigenvalue weighted by Gasteiger charge is 2.16. The number of hydrogen-bond donors (Lipinski definition) is 2. The number of benzene rings is 2. The Hall–Kier alpha value is -3.37. The molecule has 6 nitrogen and oxygen atoms in total. The molecule has 1 atom stereocenters. The summed E-state index contributed by atoms with van der Waals surface area (Å²) in [4.78, 5) is 0. The number of methoxy groups -OCH3 is 1. The van der Waals surface area contributed by atoms with Crippen molar-refractivity contribution in [3.8, 4) is 28.8 Å². The number of aromatic nitrogens is 2. The molecule has 1 aromatic heterocycles. The lowest BCUT2D eigenvalue weighted by Crippen LogP contribution is -2.17. The second-order valence-corrected chi connectivity index (χ2v) is 7.76. The van der Waals surface area contributed by atoms with Gasteiger partial charge in [-0.1, -0.05) is 6.07 Å². The fourth-order valence-electron chi connectivity index (χ4n) is 3.90. The number of nitrogens with one attached hydrogen (secondary N) is 2. The van der Waals surface area contributed by atoms with Gasteiger partial charge in [0.15, 0.2) is 0 Å². The minimum atomic E-state index is -0.539. The zero-order valence-corrected chi connectivity index (χ0v) is 17.6. The Bertz CT molecular complexity index is 1060. The molecule has 0 saturated carbocycles. The second-order valence-electron chi connectivity index (χ2n) is 7.76. The first-order valence-electron chi connectivity index (χ1n) is 10.6. The van der Waals surface area contributed by atoms with Crippen molar-refractivity contribution in [1.29, 1.82) is 5.26 Å². The minimum absolute atomic E-state index is 0.0274. The van der Waals surface area contributed by atoms with Crippen LogP contribution in [0.2, 0.25) is 0 Å². The highest BCUT2D eigenvalue weighted by Crippen LogP contribution is 2.28. The second kappa shape index (κ2) is 9.63. The van der Waals surface area contributed by atoms with Gasteiger partial charge in [-0.05, 0) is 74.7 Å². The summed E-state index contributed by atoms with van der Waals surface area (Å²) in [5, 5.41) is 20.7. The van der Waals surface area contributed by atoms with Gasteiger partial charge in [0, 0.05) is 18.2 Å². The molecular formula is C24H26FN5O. The van der Waals surface area contributed by atoms with Crippen LogP contribution in [0.3, 0.4) is 0 Å². The van der Waals surface area contributed by atoms with Crippen LogP contribution in [0.5, 0.6) is 5.75 Å². The van der Waals surface area contributed by atoms with E-state index in [0.717, 1.165) is 49.0 Å². The van der Waals surface area contributed by atoms with Gasteiger partial charge in [-0.15, -0.1) is 5.10 Å². The Morgan fingerprint density at radius 2 is 2.03 bits per heavy atom. The van der Waals surface area contributed by atoms with Gasteiger partial charge >= 0.3 is 0 Å². The van der Waals surface area contributed by atoms with Crippen molar-refractivity contribution in [3.05, 3.63) is 59.9 Å². The van der Waals surface area contributed by atoms with E-state index in [-0.39, 0.29) is 5.56 Å². The molecule has 2 aromatic carbocycles. The average molecular weight is 420 g/mol. The molecule has 3 aromatic rings. The van der Waals surface area contributed by atoms with Crippen LogP contribution < -0.4 is 15.4 Å². The predicted molar refractivity (Wildman–Crippen MR) is 119 cm³/mol. The normalized spacial score (nSPS) is 16.4. The quantitative estimate of drug-likeness (QED) is 0.621. The van der Waals surface area contributed by atoms with E-state index in [1.54, 1.807) is 17.9 Å². The first-order chi connectivity index (χ1) is 15.2. The van der Waals surface area contributed by atoms with E-state index in [4.69, 9.17) is 15.1 Å². The fraction of sp³-hybridized carbons (Fsp3) is 0.333. The molecular weight excluding hydrogens is 393 g/mol. The molecule has 1 aliphatic heterocycles. The van der Waals surface area contributed by atoms with E-state index in [1.807, 2.05) is 36.4 Å². The highest BCUT2D eigenvalue weighted by atomic mass is 19.1. The molecule has 4 rings (SSSR count). The Morgan fingerprint density at radius 3 is 2.77 bits per heavy atom. The number of rotatable bonds is 6. The van der Waals surface area contributed by atoms with Gasteiger partial charge in [0.2, 0.25) is 0 Å². The molecule has 0 amide bonds. The summed E-state index contributed by atoms with van der Waals surface area (Å²) >= 11 is 0. The monoisotopic (exact) mass is 419 g/mol. The average Bonchev–Trinajstić information content (AvgIpc) is 3.05. The molecule has 0 bridgehead atoms. The Labute approximate surface area is 181 Å². The van der Waals surface area contributed by atoms with Gasteiger partial charge in [0.05, 0.1) is 24.1 Å². The van der Waals surface area contributed by atoms with E-state index < -0.39 is 5.82 Å². The molecule has 0 unspecified atom stereocenters. The van der Waals surface area contributed by atoms with E-state index in [0.29, 0.717) is 11.5 Å². The Kier molecular flexibility index (Phi) is 6.48. The lowest BCUT2D eigenvalue weighted by molar-refractivity contribution is 0.414. The highest BCUT2D eigenvalue weighted by molar-refractivity contribution is 5.67. The lowest BCUT2D eigenvalue weighted by Gasteiger charge is -2.13. The largest absolute Gasteiger partial charge is 0.497 e. The van der Waals surface area contributed by atoms with Crippen LogP contribution in [0, 0.1) is 23.1 Å². The van der Waals surface area contributed by atoms with Crippen molar-refractivity contribution in [2.24, 2.45) is 5.92 Å². The van der Waals surface area contributed by atoms with Crippen LogP contribution in [0.25, 0.3) is 16.9 Å². The number of hydrogen-bond acceptors (Lipinski definition) is 5. The van der Waals surface area contributed by atoms with Crippen molar-refractivity contribution in [2.45, 2.75) is 19.3 Å². The number of halogens is 1. The lowest BCUT2D eigenvalue weighted by atomic mass is 10.0. The molecule has 1 fully saturated rings. The Morgan fingerprint density at radius 1 is 1.19 bits per heavy atom. The third-order valence-corrected chi connectivity index (χ3v) is 5.68. The van der Waals surface area contributed by atoms with Gasteiger partial charge in [0.25, 0.3) is 0 Å². The molecule has 2 N–H and O–H groups in total. The molecule has 0 aliphatic carbocycles. The Balaban J connectivity index is 1.65. The maximum atomic E-state index is 14.3. The van der Waals surface area contributed by atoms with Crippen molar-refractivity contribution in [2.75, 3.05) is 32.1 Å². The summed E-state index contributed by atoms with van der Waals surface area (Å²) in [5.41, 5.74) is 2.27. The maximum Gasteiger partial charge on any atom is 0.149 e. The van der Waals surface area contributed by atoms with Gasteiger partial charge in [-0.25, -0.2) is 9.07 Å². The minimum Gasteiger partial charge on any atom is -0.497 e. The van der Waals surface area contributed by atoms with Crippen LogP contribution in [0.4, 0.5) is 10.2 Å². The molecule has 2 heterocycles. The van der Waals surface area contributed by atoms with Crippen molar-refractivity contribution < 1.29 is 9.13 Å². The molecule has 0 radical (unpaired) electrons. The predicted octanol–water partition coefficient (Wildman–Crippen LogP) is 4.36. The van der Waals surface area contributed by atoms with Crippen LogP contribution in [0.15, 0.2) is 48.5 Å². The molecule has 0 spiro atoms. The molecule has 1 aliphatic rings. The standard InChI is InChI=1S/C24H26FN5O/c1-31-21-8-6-20(7-9-21)30-23(18-4-5-19(15-26)22(25)13-18)14-24(29-30)28-16-17-3-2-11-27-12-10-17/h4-9,13-14,17,27H,2-3,10-12,16H2,1H3,(H,28,29)/t17-/m0/s1. The first kappa shape index (κ1) is 20.9. The van der Waals surface area contributed by atoms with Crippen LogP contribution >= 0.6 is 0 Å². The van der Waals surface area contributed by atoms with Gasteiger partial charge in [-0.2, -0.15) is 5.26 Å². The topological polar surface area (TPSA) is 74.9 Å². The van der Waals surface area contributed by atoms with E-state index in [1.165, 1.54) is 25.0 Å². The summed E-state index contributed by atoms with van der Waals surface area (Å²) in [5.74, 6) is 1.55. The summed E-state index contributed by atoms with van der Waals surface area (Å²) in [6.07, 6.45) is 3.51. The third kappa shape index (κ3) is 4.86. The number of nitrogens with zero attached hydrogens (tertiary/aromatic N) is 3. The summed E-state index contributed by atoms with van der Waals surface area (Å²) < 4.78 is 21.4. The fourth-order valence-corrected chi connectivity index (χ4v) is 3.90. The van der Waals surface area contributed by atoms with Crippen LogP contribution in [-0.4, -0.2) is 36.5 Å². The van der Waals surface area contributed by atoms with Crippen molar-refractivity contribution in [3.63, 3.8) is 0 Å². The SMILES string of the molecule is COc1ccc(-n2nc(NC[C@H]3CCCNCC3)cc2-c2ccc(C#N)c(F)c2)cc1.